The van der Waals surface area contributed by atoms with E-state index in [4.69, 9.17) is 17.3 Å². The van der Waals surface area contributed by atoms with Gasteiger partial charge < -0.3 is 10.3 Å². The fraction of sp³-hybridized carbons (Fsp3) is 0.200. The molecule has 114 valence electrons. The molecular weight excluding hydrogens is 391 g/mol. The average molecular weight is 400 g/mol. The Morgan fingerprint density at radius 1 is 1.52 bits per heavy atom. The molecule has 0 saturated heterocycles. The lowest BCUT2D eigenvalue weighted by molar-refractivity contribution is 0.409. The van der Waals surface area contributed by atoms with Gasteiger partial charge in [0.15, 0.2) is 11.6 Å². The summed E-state index contributed by atoms with van der Waals surface area (Å²) in [5.41, 5.74) is 5.08. The smallest absolute Gasteiger partial charge is 0.243 e. The molecule has 1 heterocycles. The van der Waals surface area contributed by atoms with Gasteiger partial charge in [-0.2, -0.15) is 4.98 Å². The number of anilines is 1. The van der Waals surface area contributed by atoms with E-state index in [2.05, 4.69) is 35.3 Å². The van der Waals surface area contributed by atoms with Crippen molar-refractivity contribution in [2.24, 2.45) is 0 Å². The van der Waals surface area contributed by atoms with Crippen LogP contribution in [0.3, 0.4) is 0 Å². The molecule has 0 atom stereocenters. The Kier molecular flexibility index (Phi) is 4.81. The van der Waals surface area contributed by atoms with Gasteiger partial charge in [-0.3, -0.25) is 0 Å². The van der Waals surface area contributed by atoms with Crippen molar-refractivity contribution < 1.29 is 17.3 Å². The summed E-state index contributed by atoms with van der Waals surface area (Å²) < 4.78 is 44.9. The molecule has 0 aliphatic heterocycles. The largest absolute Gasteiger partial charge is 0.395 e. The fourth-order valence-electron chi connectivity index (χ4n) is 1.47. The second-order valence-corrected chi connectivity index (χ2v) is 6.83. The maximum Gasteiger partial charge on any atom is 0.243 e. The Morgan fingerprint density at radius 3 is 2.86 bits per heavy atom. The van der Waals surface area contributed by atoms with Crippen molar-refractivity contribution >= 4 is 43.2 Å². The number of sulfonamides is 1. The van der Waals surface area contributed by atoms with Gasteiger partial charge in [0.2, 0.25) is 16.4 Å². The van der Waals surface area contributed by atoms with E-state index < -0.39 is 20.7 Å². The number of aromatic nitrogens is 2. The van der Waals surface area contributed by atoms with Crippen LogP contribution in [0.4, 0.5) is 10.1 Å². The van der Waals surface area contributed by atoms with Gasteiger partial charge in [-0.25, -0.2) is 17.5 Å². The molecule has 0 fully saturated rings. The van der Waals surface area contributed by atoms with Crippen LogP contribution in [-0.4, -0.2) is 25.1 Å². The molecule has 0 saturated carbocycles. The van der Waals surface area contributed by atoms with Gasteiger partial charge in [-0.15, -0.1) is 0 Å². The molecule has 0 amide bonds. The van der Waals surface area contributed by atoms with Gasteiger partial charge in [0.05, 0.1) is 15.2 Å². The highest BCUT2D eigenvalue weighted by molar-refractivity contribution is 9.10. The van der Waals surface area contributed by atoms with Crippen molar-refractivity contribution in [3.63, 3.8) is 0 Å². The van der Waals surface area contributed by atoms with E-state index in [-0.39, 0.29) is 28.1 Å². The Morgan fingerprint density at radius 2 is 2.24 bits per heavy atom. The Labute approximate surface area is 132 Å². The number of halogens is 3. The Balaban J connectivity index is 2.20. The van der Waals surface area contributed by atoms with Gasteiger partial charge in [0.25, 0.3) is 0 Å². The van der Waals surface area contributed by atoms with Crippen LogP contribution >= 0.6 is 27.5 Å². The Hall–Kier alpha value is -1.23. The minimum atomic E-state index is -4.10. The first kappa shape index (κ1) is 16.1. The summed E-state index contributed by atoms with van der Waals surface area (Å²) in [6, 6.07) is 0.980. The molecule has 0 unspecified atom stereocenters. The molecule has 11 heteroatoms. The maximum absolute atomic E-state index is 14.0. The summed E-state index contributed by atoms with van der Waals surface area (Å²) in [5, 5.41) is 3.52. The van der Waals surface area contributed by atoms with Crippen LogP contribution in [0.25, 0.3) is 0 Å². The molecular formula is C10H9BrClFN4O3S. The number of nitrogen functional groups attached to an aromatic ring is 1. The quantitative estimate of drug-likeness (QED) is 0.585. The number of hydrogen-bond donors (Lipinski definition) is 2. The highest BCUT2D eigenvalue weighted by atomic mass is 79.9. The minimum absolute atomic E-state index is 0.00700. The number of nitrogens with two attached hydrogens (primary N) is 1. The SMILES string of the molecule is Nc1c(F)c(S(=O)(=O)NCCc2ncon2)cc(Cl)c1Br. The normalized spacial score (nSPS) is 11.8. The van der Waals surface area contributed by atoms with Crippen molar-refractivity contribution in [3.8, 4) is 0 Å². The van der Waals surface area contributed by atoms with Crippen LogP contribution in [0.2, 0.25) is 5.02 Å². The van der Waals surface area contributed by atoms with Gasteiger partial charge in [0.1, 0.15) is 4.90 Å². The topological polar surface area (TPSA) is 111 Å². The second kappa shape index (κ2) is 6.26. The van der Waals surface area contributed by atoms with E-state index in [1.807, 2.05) is 0 Å². The van der Waals surface area contributed by atoms with Crippen molar-refractivity contribution in [1.82, 2.24) is 14.9 Å². The van der Waals surface area contributed by atoms with Crippen LogP contribution in [0.1, 0.15) is 5.82 Å². The molecule has 0 radical (unpaired) electrons. The second-order valence-electron chi connectivity index (χ2n) is 3.89. The number of nitrogens with one attached hydrogen (secondary N) is 1. The lowest BCUT2D eigenvalue weighted by Gasteiger charge is -2.10. The molecule has 3 N–H and O–H groups in total. The zero-order valence-corrected chi connectivity index (χ0v) is 13.5. The molecule has 0 aliphatic carbocycles. The lowest BCUT2D eigenvalue weighted by Crippen LogP contribution is -2.27. The summed E-state index contributed by atoms with van der Waals surface area (Å²) in [7, 11) is -4.10. The first-order valence-corrected chi connectivity index (χ1v) is 8.16. The molecule has 1 aromatic heterocycles. The monoisotopic (exact) mass is 398 g/mol. The third kappa shape index (κ3) is 3.51. The number of hydrogen-bond acceptors (Lipinski definition) is 6. The van der Waals surface area contributed by atoms with Crippen LogP contribution in [0.15, 0.2) is 26.4 Å². The summed E-state index contributed by atoms with van der Waals surface area (Å²) in [6.07, 6.45) is 1.32. The first-order valence-electron chi connectivity index (χ1n) is 5.51. The third-order valence-corrected chi connectivity index (χ3v) is 5.33. The molecule has 2 aromatic rings. The van der Waals surface area contributed by atoms with Crippen molar-refractivity contribution in [3.05, 3.63) is 33.6 Å². The van der Waals surface area contributed by atoms with Crippen molar-refractivity contribution in [2.45, 2.75) is 11.3 Å². The zero-order chi connectivity index (χ0) is 15.6. The predicted molar refractivity (Wildman–Crippen MR) is 76.7 cm³/mol. The number of nitrogens with zero attached hydrogens (tertiary/aromatic N) is 2. The van der Waals surface area contributed by atoms with E-state index in [1.54, 1.807) is 0 Å². The van der Waals surface area contributed by atoms with Gasteiger partial charge in [0, 0.05) is 13.0 Å². The van der Waals surface area contributed by atoms with E-state index in [9.17, 15) is 12.8 Å². The van der Waals surface area contributed by atoms with Crippen LogP contribution < -0.4 is 10.5 Å². The van der Waals surface area contributed by atoms with Crippen LogP contribution in [0.5, 0.6) is 0 Å². The molecule has 2 rings (SSSR count). The predicted octanol–water partition coefficient (Wildman–Crippen LogP) is 1.73. The molecule has 7 nitrogen and oxygen atoms in total. The number of benzene rings is 1. The van der Waals surface area contributed by atoms with E-state index in [0.717, 1.165) is 12.5 Å². The summed E-state index contributed by atoms with van der Waals surface area (Å²) in [5.74, 6) is -0.745. The van der Waals surface area contributed by atoms with Gasteiger partial charge in [-0.05, 0) is 22.0 Å². The van der Waals surface area contributed by atoms with Gasteiger partial charge in [-0.1, -0.05) is 16.8 Å². The highest BCUT2D eigenvalue weighted by Crippen LogP contribution is 2.34. The zero-order valence-electron chi connectivity index (χ0n) is 10.3. The van der Waals surface area contributed by atoms with Crippen LogP contribution in [0, 0.1) is 5.82 Å². The lowest BCUT2D eigenvalue weighted by atomic mass is 10.3. The van der Waals surface area contributed by atoms with E-state index >= 15 is 0 Å². The van der Waals surface area contributed by atoms with Crippen molar-refractivity contribution in [2.75, 3.05) is 12.3 Å². The average Bonchev–Trinajstić information content (AvgIpc) is 2.93. The van der Waals surface area contributed by atoms with E-state index in [0.29, 0.717) is 5.82 Å². The van der Waals surface area contributed by atoms with Crippen LogP contribution in [-0.2, 0) is 16.4 Å². The van der Waals surface area contributed by atoms with E-state index in [1.165, 1.54) is 0 Å². The first-order chi connectivity index (χ1) is 9.83. The summed E-state index contributed by atoms with van der Waals surface area (Å²) in [6.45, 7) is -0.0328. The maximum atomic E-state index is 14.0. The molecule has 0 aliphatic rings. The number of rotatable bonds is 5. The summed E-state index contributed by atoms with van der Waals surface area (Å²) >= 11 is 8.76. The molecule has 21 heavy (non-hydrogen) atoms. The minimum Gasteiger partial charge on any atom is -0.395 e. The highest BCUT2D eigenvalue weighted by Gasteiger charge is 2.23. The fourth-order valence-corrected chi connectivity index (χ4v) is 3.18. The Bertz CT molecular complexity index is 754. The molecule has 0 bridgehead atoms. The van der Waals surface area contributed by atoms with Crippen molar-refractivity contribution in [1.29, 1.82) is 0 Å². The standard InChI is InChI=1S/C10H9BrClFN4O3S/c11-8-5(12)3-6(9(13)10(8)14)21(18,19)16-2-1-7-15-4-20-17-7/h3-4,16H,1-2,14H2. The van der Waals surface area contributed by atoms with Gasteiger partial charge >= 0.3 is 0 Å². The third-order valence-electron chi connectivity index (χ3n) is 2.49. The molecule has 1 aromatic carbocycles. The molecule has 0 spiro atoms. The summed E-state index contributed by atoms with van der Waals surface area (Å²) in [4.78, 5) is 3.11.